The van der Waals surface area contributed by atoms with Gasteiger partial charge < -0.3 is 10.2 Å². The lowest BCUT2D eigenvalue weighted by Gasteiger charge is -2.19. The summed E-state index contributed by atoms with van der Waals surface area (Å²) in [5.41, 5.74) is 0.976. The van der Waals surface area contributed by atoms with E-state index in [4.69, 9.17) is 34.8 Å². The van der Waals surface area contributed by atoms with Crippen molar-refractivity contribution in [1.29, 1.82) is 0 Å². The summed E-state index contributed by atoms with van der Waals surface area (Å²) in [5, 5.41) is 5.31. The van der Waals surface area contributed by atoms with Gasteiger partial charge in [-0.2, -0.15) is 0 Å². The van der Waals surface area contributed by atoms with Gasteiger partial charge in [-0.05, 0) is 56.6 Å². The molecule has 1 saturated heterocycles. The van der Waals surface area contributed by atoms with Gasteiger partial charge >= 0.3 is 0 Å². The molecule has 1 aliphatic heterocycles. The van der Waals surface area contributed by atoms with E-state index in [2.05, 4.69) is 10.2 Å². The number of nitrogens with zero attached hydrogens (tertiary/aromatic N) is 1. The van der Waals surface area contributed by atoms with Crippen molar-refractivity contribution < 1.29 is 0 Å². The van der Waals surface area contributed by atoms with Crippen LogP contribution < -0.4 is 5.32 Å². The number of rotatable bonds is 4. The predicted octanol–water partition coefficient (Wildman–Crippen LogP) is 3.87. The minimum absolute atomic E-state index is 0.583. The van der Waals surface area contributed by atoms with Gasteiger partial charge in [0.25, 0.3) is 0 Å². The van der Waals surface area contributed by atoms with E-state index in [9.17, 15) is 0 Å². The smallest absolute Gasteiger partial charge is 0.0639 e. The van der Waals surface area contributed by atoms with Crippen LogP contribution in [-0.4, -0.2) is 37.6 Å². The van der Waals surface area contributed by atoms with E-state index in [0.29, 0.717) is 15.1 Å². The van der Waals surface area contributed by atoms with Crippen LogP contribution in [0.25, 0.3) is 0 Å². The molecule has 19 heavy (non-hydrogen) atoms. The molecule has 0 unspecified atom stereocenters. The first kappa shape index (κ1) is 15.4. The van der Waals surface area contributed by atoms with Crippen molar-refractivity contribution in [3.05, 3.63) is 32.8 Å². The first-order chi connectivity index (χ1) is 9.18. The average molecular weight is 322 g/mol. The zero-order valence-corrected chi connectivity index (χ0v) is 13.2. The van der Waals surface area contributed by atoms with Crippen molar-refractivity contribution in [2.24, 2.45) is 0 Å². The van der Waals surface area contributed by atoms with E-state index >= 15 is 0 Å². The Balaban J connectivity index is 1.87. The lowest BCUT2D eigenvalue weighted by Crippen LogP contribution is -2.29. The molecule has 1 aliphatic rings. The molecule has 1 aromatic carbocycles. The summed E-state index contributed by atoms with van der Waals surface area (Å²) in [4.78, 5) is 2.49. The molecule has 0 bridgehead atoms. The van der Waals surface area contributed by atoms with Crippen LogP contribution >= 0.6 is 34.8 Å². The molecule has 1 fully saturated rings. The summed E-state index contributed by atoms with van der Waals surface area (Å²) in [6, 6.07) is 3.57. The number of hydrogen-bond donors (Lipinski definition) is 1. The van der Waals surface area contributed by atoms with Gasteiger partial charge in [-0.3, -0.25) is 0 Å². The third kappa shape index (κ3) is 4.51. The van der Waals surface area contributed by atoms with Gasteiger partial charge in [-0.15, -0.1) is 0 Å². The number of hydrogen-bond acceptors (Lipinski definition) is 2. The van der Waals surface area contributed by atoms with Crippen molar-refractivity contribution in [2.75, 3.05) is 32.7 Å². The van der Waals surface area contributed by atoms with Crippen molar-refractivity contribution in [1.82, 2.24) is 10.2 Å². The number of benzene rings is 1. The Bertz CT molecular complexity index is 415. The standard InChI is InChI=1S/C14H19Cl3N2/c15-12-4-5-13(16)14(17)11(12)3-1-8-19-9-2-6-18-7-10-19/h4-5,18H,1-3,6-10H2. The summed E-state index contributed by atoms with van der Waals surface area (Å²) in [7, 11) is 0. The van der Waals surface area contributed by atoms with Crippen LogP contribution in [0.5, 0.6) is 0 Å². The van der Waals surface area contributed by atoms with Gasteiger partial charge in [-0.1, -0.05) is 34.8 Å². The molecule has 0 aliphatic carbocycles. The van der Waals surface area contributed by atoms with Gasteiger partial charge in [0.1, 0.15) is 0 Å². The third-order valence-corrected chi connectivity index (χ3v) is 4.67. The fraction of sp³-hybridized carbons (Fsp3) is 0.571. The zero-order valence-electron chi connectivity index (χ0n) is 10.9. The van der Waals surface area contributed by atoms with E-state index in [0.717, 1.165) is 44.6 Å². The molecule has 106 valence electrons. The maximum Gasteiger partial charge on any atom is 0.0639 e. The van der Waals surface area contributed by atoms with Gasteiger partial charge in [0.15, 0.2) is 0 Å². The van der Waals surface area contributed by atoms with Crippen LogP contribution in [0, 0.1) is 0 Å². The molecular formula is C14H19Cl3N2. The average Bonchev–Trinajstić information content (AvgIpc) is 2.67. The minimum atomic E-state index is 0.583. The normalized spacial score (nSPS) is 17.4. The zero-order chi connectivity index (χ0) is 13.7. The first-order valence-corrected chi connectivity index (χ1v) is 7.87. The second-order valence-corrected chi connectivity index (χ2v) is 6.06. The molecule has 0 aromatic heterocycles. The largest absolute Gasteiger partial charge is 0.315 e. The van der Waals surface area contributed by atoms with Crippen LogP contribution in [0.2, 0.25) is 15.1 Å². The second kappa shape index (κ2) is 7.70. The molecule has 2 nitrogen and oxygen atoms in total. The molecule has 1 N–H and O–H groups in total. The van der Waals surface area contributed by atoms with Gasteiger partial charge in [0.05, 0.1) is 10.0 Å². The monoisotopic (exact) mass is 320 g/mol. The maximum absolute atomic E-state index is 6.21. The Morgan fingerprint density at radius 3 is 2.68 bits per heavy atom. The highest BCUT2D eigenvalue weighted by Gasteiger charge is 2.11. The fourth-order valence-electron chi connectivity index (χ4n) is 2.40. The lowest BCUT2D eigenvalue weighted by molar-refractivity contribution is 0.289. The van der Waals surface area contributed by atoms with Crippen molar-refractivity contribution in [2.45, 2.75) is 19.3 Å². The third-order valence-electron chi connectivity index (χ3n) is 3.47. The molecule has 0 spiro atoms. The van der Waals surface area contributed by atoms with Crippen LogP contribution in [0.4, 0.5) is 0 Å². The molecule has 2 rings (SSSR count). The first-order valence-electron chi connectivity index (χ1n) is 6.74. The van der Waals surface area contributed by atoms with Gasteiger partial charge in [0, 0.05) is 18.1 Å². The van der Waals surface area contributed by atoms with Gasteiger partial charge in [-0.25, -0.2) is 0 Å². The van der Waals surface area contributed by atoms with Crippen LogP contribution in [-0.2, 0) is 6.42 Å². The summed E-state index contributed by atoms with van der Waals surface area (Å²) >= 11 is 18.4. The van der Waals surface area contributed by atoms with Crippen molar-refractivity contribution in [3.63, 3.8) is 0 Å². The molecule has 0 radical (unpaired) electrons. The van der Waals surface area contributed by atoms with E-state index < -0.39 is 0 Å². The Hall–Kier alpha value is 0.01000. The Labute approximate surface area is 130 Å². The van der Waals surface area contributed by atoms with Crippen molar-refractivity contribution in [3.8, 4) is 0 Å². The fourth-order valence-corrected chi connectivity index (χ4v) is 3.14. The van der Waals surface area contributed by atoms with E-state index in [1.165, 1.54) is 13.0 Å². The van der Waals surface area contributed by atoms with E-state index in [1.807, 2.05) is 6.07 Å². The molecular weight excluding hydrogens is 303 g/mol. The van der Waals surface area contributed by atoms with Crippen LogP contribution in [0.1, 0.15) is 18.4 Å². The van der Waals surface area contributed by atoms with E-state index in [-0.39, 0.29) is 0 Å². The second-order valence-electron chi connectivity index (χ2n) is 4.87. The maximum atomic E-state index is 6.21. The summed E-state index contributed by atoms with van der Waals surface area (Å²) in [5.74, 6) is 0. The van der Waals surface area contributed by atoms with Gasteiger partial charge in [0.2, 0.25) is 0 Å². The summed E-state index contributed by atoms with van der Waals surface area (Å²) in [6.45, 7) is 5.59. The lowest BCUT2D eigenvalue weighted by atomic mass is 10.1. The predicted molar refractivity (Wildman–Crippen MR) is 83.7 cm³/mol. The Morgan fingerprint density at radius 1 is 1.05 bits per heavy atom. The molecule has 1 heterocycles. The highest BCUT2D eigenvalue weighted by atomic mass is 35.5. The quantitative estimate of drug-likeness (QED) is 0.847. The van der Waals surface area contributed by atoms with Crippen LogP contribution in [0.15, 0.2) is 12.1 Å². The summed E-state index contributed by atoms with van der Waals surface area (Å²) < 4.78 is 0. The van der Waals surface area contributed by atoms with Crippen molar-refractivity contribution >= 4 is 34.8 Å². The highest BCUT2D eigenvalue weighted by Crippen LogP contribution is 2.32. The summed E-state index contributed by atoms with van der Waals surface area (Å²) in [6.07, 6.45) is 3.15. The minimum Gasteiger partial charge on any atom is -0.315 e. The Kier molecular flexibility index (Phi) is 6.24. The molecule has 0 atom stereocenters. The highest BCUT2D eigenvalue weighted by molar-refractivity contribution is 6.44. The molecule has 0 saturated carbocycles. The Morgan fingerprint density at radius 2 is 1.84 bits per heavy atom. The topological polar surface area (TPSA) is 15.3 Å². The molecule has 0 amide bonds. The van der Waals surface area contributed by atoms with E-state index in [1.54, 1.807) is 6.07 Å². The number of halogens is 3. The molecule has 1 aromatic rings. The molecule has 5 heteroatoms. The SMILES string of the molecule is Clc1ccc(Cl)c(CCCN2CCCNCC2)c1Cl. The number of nitrogens with one attached hydrogen (secondary N) is 1. The van der Waals surface area contributed by atoms with Crippen LogP contribution in [0.3, 0.4) is 0 Å².